The van der Waals surface area contributed by atoms with Crippen LogP contribution in [0.3, 0.4) is 0 Å². The molecule has 1 aliphatic rings. The van der Waals surface area contributed by atoms with Crippen LogP contribution in [0.2, 0.25) is 0 Å². The first-order valence-electron chi connectivity index (χ1n) is 8.19. The summed E-state index contributed by atoms with van der Waals surface area (Å²) < 4.78 is 0. The summed E-state index contributed by atoms with van der Waals surface area (Å²) in [5.74, 6) is -0.190. The van der Waals surface area contributed by atoms with Crippen LogP contribution in [0.25, 0.3) is 0 Å². The molecule has 122 valence electrons. The fourth-order valence-corrected chi connectivity index (χ4v) is 4.08. The highest BCUT2D eigenvalue weighted by Gasteiger charge is 2.15. The van der Waals surface area contributed by atoms with E-state index >= 15 is 0 Å². The summed E-state index contributed by atoms with van der Waals surface area (Å²) in [5.41, 5.74) is 2.60. The Morgan fingerprint density at radius 2 is 2.17 bits per heavy atom. The first-order valence-corrected chi connectivity index (χ1v) is 9.00. The van der Waals surface area contributed by atoms with Gasteiger partial charge in [0.1, 0.15) is 5.75 Å². The summed E-state index contributed by atoms with van der Waals surface area (Å²) in [6, 6.07) is 5.06. The van der Waals surface area contributed by atoms with Crippen LogP contribution >= 0.6 is 11.3 Å². The molecule has 1 amide bonds. The Morgan fingerprint density at radius 3 is 3.00 bits per heavy atom. The number of phenolic OH excluding ortho intramolecular Hbond substituents is 1. The van der Waals surface area contributed by atoms with Crippen LogP contribution in [0.15, 0.2) is 18.2 Å². The largest absolute Gasteiger partial charge is 0.507 e. The molecule has 4 nitrogen and oxygen atoms in total. The van der Waals surface area contributed by atoms with E-state index in [0.29, 0.717) is 12.1 Å². The number of carbonyl (C=O) groups excluding carboxylic acids is 1. The van der Waals surface area contributed by atoms with Crippen LogP contribution < -0.4 is 5.32 Å². The molecule has 2 aromatic rings. The van der Waals surface area contributed by atoms with Crippen LogP contribution in [-0.4, -0.2) is 22.5 Å². The van der Waals surface area contributed by atoms with Crippen molar-refractivity contribution >= 4 is 17.2 Å². The number of aromatic nitrogens is 1. The van der Waals surface area contributed by atoms with E-state index in [9.17, 15) is 9.90 Å². The molecule has 23 heavy (non-hydrogen) atoms. The molecule has 0 unspecified atom stereocenters. The predicted octanol–water partition coefficient (Wildman–Crippen LogP) is 3.40. The number of thiazole rings is 1. The molecular formula is C18H22N2O2S. The lowest BCUT2D eigenvalue weighted by Gasteiger charge is -2.07. The number of nitrogens with zero attached hydrogens (tertiary/aromatic N) is 1. The predicted molar refractivity (Wildman–Crippen MR) is 92.3 cm³/mol. The minimum Gasteiger partial charge on any atom is -0.507 e. The van der Waals surface area contributed by atoms with Crippen molar-refractivity contribution in [2.24, 2.45) is 0 Å². The van der Waals surface area contributed by atoms with Crippen molar-refractivity contribution in [1.29, 1.82) is 0 Å². The van der Waals surface area contributed by atoms with E-state index < -0.39 is 0 Å². The van der Waals surface area contributed by atoms with Crippen molar-refractivity contribution in [3.05, 3.63) is 44.9 Å². The van der Waals surface area contributed by atoms with Crippen LogP contribution in [0.5, 0.6) is 5.75 Å². The normalized spacial score (nSPS) is 13.6. The third-order valence-electron chi connectivity index (χ3n) is 4.14. The van der Waals surface area contributed by atoms with Gasteiger partial charge in [-0.25, -0.2) is 4.98 Å². The van der Waals surface area contributed by atoms with E-state index in [0.717, 1.165) is 24.8 Å². The molecule has 0 saturated heterocycles. The number of rotatable bonds is 5. The van der Waals surface area contributed by atoms with Gasteiger partial charge in [0, 0.05) is 17.8 Å². The Hall–Kier alpha value is -1.88. The molecule has 2 N–H and O–H groups in total. The first-order chi connectivity index (χ1) is 11.1. The van der Waals surface area contributed by atoms with E-state index in [2.05, 4.69) is 5.32 Å². The lowest BCUT2D eigenvalue weighted by atomic mass is 10.0. The molecule has 1 aliphatic carbocycles. The standard InChI is InChI=1S/C18H22N2O2S/c1-12-8-9-15(21)13(11-12)18(22)19-10-4-7-17-20-14-5-2-3-6-16(14)23-17/h8-9,11,21H,2-7,10H2,1H3,(H,19,22). The first kappa shape index (κ1) is 16.0. The summed E-state index contributed by atoms with van der Waals surface area (Å²) in [7, 11) is 0. The number of amides is 1. The second kappa shape index (κ2) is 7.13. The summed E-state index contributed by atoms with van der Waals surface area (Å²) in [6.45, 7) is 2.50. The van der Waals surface area contributed by atoms with Gasteiger partial charge in [-0.05, 0) is 51.2 Å². The molecule has 0 radical (unpaired) electrons. The Labute approximate surface area is 140 Å². The van der Waals surface area contributed by atoms with E-state index in [1.807, 2.05) is 18.3 Å². The summed E-state index contributed by atoms with van der Waals surface area (Å²) in [4.78, 5) is 18.3. The Balaban J connectivity index is 1.48. The van der Waals surface area contributed by atoms with Crippen LogP contribution in [0.1, 0.15) is 50.8 Å². The van der Waals surface area contributed by atoms with Gasteiger partial charge < -0.3 is 10.4 Å². The quantitative estimate of drug-likeness (QED) is 0.826. The minimum atomic E-state index is -0.218. The number of hydrogen-bond acceptors (Lipinski definition) is 4. The molecule has 1 heterocycles. The third-order valence-corrected chi connectivity index (χ3v) is 5.36. The van der Waals surface area contributed by atoms with Crippen molar-refractivity contribution in [3.63, 3.8) is 0 Å². The SMILES string of the molecule is Cc1ccc(O)c(C(=O)NCCCc2nc3c(s2)CCCC3)c1. The van der Waals surface area contributed by atoms with Crippen LogP contribution in [0, 0.1) is 6.92 Å². The van der Waals surface area contributed by atoms with Crippen molar-refractivity contribution in [2.45, 2.75) is 45.4 Å². The zero-order valence-electron chi connectivity index (χ0n) is 13.4. The number of benzene rings is 1. The summed E-state index contributed by atoms with van der Waals surface area (Å²) in [5, 5.41) is 13.8. The monoisotopic (exact) mass is 330 g/mol. The van der Waals surface area contributed by atoms with Crippen molar-refractivity contribution in [2.75, 3.05) is 6.54 Å². The maximum atomic E-state index is 12.1. The van der Waals surface area contributed by atoms with Gasteiger partial charge in [0.25, 0.3) is 5.91 Å². The molecule has 0 spiro atoms. The zero-order valence-corrected chi connectivity index (χ0v) is 14.2. The number of phenols is 1. The summed E-state index contributed by atoms with van der Waals surface area (Å²) in [6.07, 6.45) is 6.60. The molecule has 5 heteroatoms. The number of fused-ring (bicyclic) bond motifs is 1. The highest BCUT2D eigenvalue weighted by Crippen LogP contribution is 2.27. The van der Waals surface area contributed by atoms with Crippen molar-refractivity contribution in [1.82, 2.24) is 10.3 Å². The Bertz CT molecular complexity index is 686. The molecule has 0 atom stereocenters. The molecule has 0 saturated carbocycles. The zero-order chi connectivity index (χ0) is 16.2. The molecule has 3 rings (SSSR count). The molecule has 0 aliphatic heterocycles. The van der Waals surface area contributed by atoms with Crippen molar-refractivity contribution < 1.29 is 9.90 Å². The number of aryl methyl sites for hydroxylation is 4. The molecule has 0 bridgehead atoms. The van der Waals surface area contributed by atoms with Gasteiger partial charge in [0.15, 0.2) is 0 Å². The number of hydrogen-bond donors (Lipinski definition) is 2. The maximum Gasteiger partial charge on any atom is 0.255 e. The average molecular weight is 330 g/mol. The van der Waals surface area contributed by atoms with Gasteiger partial charge in [0.2, 0.25) is 0 Å². The molecular weight excluding hydrogens is 308 g/mol. The van der Waals surface area contributed by atoms with E-state index in [1.54, 1.807) is 18.2 Å². The smallest absolute Gasteiger partial charge is 0.255 e. The summed E-state index contributed by atoms with van der Waals surface area (Å²) >= 11 is 1.83. The van der Waals surface area contributed by atoms with E-state index in [1.165, 1.54) is 34.8 Å². The van der Waals surface area contributed by atoms with Gasteiger partial charge >= 0.3 is 0 Å². The highest BCUT2D eigenvalue weighted by molar-refractivity contribution is 7.11. The number of carbonyl (C=O) groups is 1. The van der Waals surface area contributed by atoms with Crippen molar-refractivity contribution in [3.8, 4) is 5.75 Å². The number of aromatic hydroxyl groups is 1. The van der Waals surface area contributed by atoms with Gasteiger partial charge in [-0.1, -0.05) is 11.6 Å². The number of nitrogens with one attached hydrogen (secondary N) is 1. The van der Waals surface area contributed by atoms with E-state index in [4.69, 9.17) is 4.98 Å². The van der Waals surface area contributed by atoms with Gasteiger partial charge in [0.05, 0.1) is 16.3 Å². The lowest BCUT2D eigenvalue weighted by Crippen LogP contribution is -2.24. The fraction of sp³-hybridized carbons (Fsp3) is 0.444. The minimum absolute atomic E-state index is 0.0284. The maximum absolute atomic E-state index is 12.1. The average Bonchev–Trinajstić information content (AvgIpc) is 2.96. The second-order valence-electron chi connectivity index (χ2n) is 6.06. The topological polar surface area (TPSA) is 62.2 Å². The fourth-order valence-electron chi connectivity index (χ4n) is 2.88. The Morgan fingerprint density at radius 1 is 1.35 bits per heavy atom. The highest BCUT2D eigenvalue weighted by atomic mass is 32.1. The van der Waals surface area contributed by atoms with Gasteiger partial charge in [-0.2, -0.15) is 0 Å². The lowest BCUT2D eigenvalue weighted by molar-refractivity contribution is 0.0950. The van der Waals surface area contributed by atoms with Crippen LogP contribution in [0.4, 0.5) is 0 Å². The third kappa shape index (κ3) is 3.91. The molecule has 1 aromatic carbocycles. The molecule has 0 fully saturated rings. The second-order valence-corrected chi connectivity index (χ2v) is 7.23. The van der Waals surface area contributed by atoms with Crippen LogP contribution in [-0.2, 0) is 19.3 Å². The Kier molecular flexibility index (Phi) is 4.96. The molecule has 1 aromatic heterocycles. The van der Waals surface area contributed by atoms with E-state index in [-0.39, 0.29) is 11.7 Å². The van der Waals surface area contributed by atoms with Gasteiger partial charge in [-0.15, -0.1) is 11.3 Å². The van der Waals surface area contributed by atoms with Gasteiger partial charge in [-0.3, -0.25) is 4.79 Å².